The number of hydrogen-bond acceptors (Lipinski definition) is 7. The van der Waals surface area contributed by atoms with Crippen molar-refractivity contribution in [1.29, 1.82) is 0 Å². The maximum Gasteiger partial charge on any atom is 0.351 e. The molecule has 0 amide bonds. The summed E-state index contributed by atoms with van der Waals surface area (Å²) in [5, 5.41) is 18.3. The number of hydrogen-bond donors (Lipinski definition) is 3. The second-order valence-corrected chi connectivity index (χ2v) is 3.60. The van der Waals surface area contributed by atoms with Crippen molar-refractivity contribution in [3.05, 3.63) is 22.7 Å². The number of aromatic nitrogens is 2. The minimum absolute atomic E-state index is 0.0240. The number of carbonyl (C=O) groups excluding carboxylic acids is 1. The van der Waals surface area contributed by atoms with Gasteiger partial charge in [0.2, 0.25) is 12.0 Å². The van der Waals surface area contributed by atoms with Gasteiger partial charge in [-0.3, -0.25) is 9.36 Å². The van der Waals surface area contributed by atoms with Crippen LogP contribution < -0.4 is 11.4 Å². The molecule has 1 unspecified atom stereocenters. The van der Waals surface area contributed by atoms with Gasteiger partial charge < -0.3 is 20.7 Å². The topological polar surface area (TPSA) is 128 Å². The summed E-state index contributed by atoms with van der Waals surface area (Å²) in [5.41, 5.74) is 4.55. The molecule has 3 atom stereocenters. The first-order chi connectivity index (χ1) is 8.04. The van der Waals surface area contributed by atoms with E-state index in [-0.39, 0.29) is 5.82 Å². The molecule has 1 saturated heterocycles. The number of aliphatic hydroxyl groups is 2. The molecule has 2 heterocycles. The highest BCUT2D eigenvalue weighted by Crippen LogP contribution is 2.23. The summed E-state index contributed by atoms with van der Waals surface area (Å²) in [7, 11) is 0. The van der Waals surface area contributed by atoms with Crippen LogP contribution in [0.15, 0.2) is 17.1 Å². The van der Waals surface area contributed by atoms with Gasteiger partial charge >= 0.3 is 5.69 Å². The van der Waals surface area contributed by atoms with Crippen molar-refractivity contribution >= 4 is 11.6 Å². The smallest absolute Gasteiger partial charge is 0.351 e. The molecular weight excluding hydrogens is 230 g/mol. The lowest BCUT2D eigenvalue weighted by Gasteiger charge is -2.12. The van der Waals surface area contributed by atoms with Gasteiger partial charge in [-0.1, -0.05) is 0 Å². The Morgan fingerprint density at radius 3 is 2.76 bits per heavy atom. The van der Waals surface area contributed by atoms with Crippen molar-refractivity contribution < 1.29 is 19.7 Å². The van der Waals surface area contributed by atoms with Gasteiger partial charge in [0.05, 0.1) is 6.61 Å². The van der Waals surface area contributed by atoms with Crippen LogP contribution in [0.3, 0.4) is 0 Å². The lowest BCUT2D eigenvalue weighted by Crippen LogP contribution is -2.32. The van der Waals surface area contributed by atoms with Gasteiger partial charge in [-0.15, -0.1) is 0 Å². The van der Waals surface area contributed by atoms with Crippen LogP contribution in [0.1, 0.15) is 6.23 Å². The van der Waals surface area contributed by atoms with E-state index in [0.29, 0.717) is 0 Å². The first-order valence-corrected chi connectivity index (χ1v) is 4.87. The summed E-state index contributed by atoms with van der Waals surface area (Å²) in [6, 6.07) is 1.33. The molecule has 1 fully saturated rings. The minimum Gasteiger partial charge on any atom is -0.394 e. The van der Waals surface area contributed by atoms with Crippen LogP contribution in [-0.4, -0.2) is 44.4 Å². The van der Waals surface area contributed by atoms with Crippen molar-refractivity contribution in [2.24, 2.45) is 0 Å². The van der Waals surface area contributed by atoms with Crippen LogP contribution in [0.5, 0.6) is 0 Å². The predicted molar refractivity (Wildman–Crippen MR) is 54.9 cm³/mol. The molecule has 1 aromatic rings. The van der Waals surface area contributed by atoms with Crippen LogP contribution in [0.4, 0.5) is 5.82 Å². The van der Waals surface area contributed by atoms with E-state index < -0.39 is 36.5 Å². The quantitative estimate of drug-likeness (QED) is 0.528. The van der Waals surface area contributed by atoms with Crippen LogP contribution in [0.25, 0.3) is 0 Å². The molecule has 1 aliphatic rings. The van der Waals surface area contributed by atoms with E-state index in [2.05, 4.69) is 4.98 Å². The molecule has 1 aromatic heterocycles. The number of nitrogens with two attached hydrogens (primary N) is 1. The molecule has 0 aliphatic carbocycles. The molecule has 0 bridgehead atoms. The maximum atomic E-state index is 11.6. The van der Waals surface area contributed by atoms with Gasteiger partial charge in [0.25, 0.3) is 0 Å². The SMILES string of the molecule is Nc1ccn([C@@H]2O[C@H](CO)C(O)C2=O)c(=O)n1. The second-order valence-electron chi connectivity index (χ2n) is 3.60. The highest BCUT2D eigenvalue weighted by Gasteiger charge is 2.43. The van der Waals surface area contributed by atoms with Gasteiger partial charge in [0.15, 0.2) is 0 Å². The van der Waals surface area contributed by atoms with Gasteiger partial charge in [0, 0.05) is 6.20 Å². The number of carbonyl (C=O) groups is 1. The second kappa shape index (κ2) is 4.24. The lowest BCUT2D eigenvalue weighted by atomic mass is 10.1. The van der Waals surface area contributed by atoms with Crippen LogP contribution in [0, 0.1) is 0 Å². The average molecular weight is 241 g/mol. The highest BCUT2D eigenvalue weighted by molar-refractivity contribution is 5.87. The van der Waals surface area contributed by atoms with E-state index in [1.165, 1.54) is 12.3 Å². The zero-order valence-electron chi connectivity index (χ0n) is 8.68. The monoisotopic (exact) mass is 241 g/mol. The Morgan fingerprint density at radius 2 is 2.24 bits per heavy atom. The van der Waals surface area contributed by atoms with Crippen LogP contribution in [0.2, 0.25) is 0 Å². The molecule has 1 aliphatic heterocycles. The summed E-state index contributed by atoms with van der Waals surface area (Å²) in [6.07, 6.45) is -2.51. The van der Waals surface area contributed by atoms with E-state index >= 15 is 0 Å². The Morgan fingerprint density at radius 1 is 1.53 bits per heavy atom. The third-order valence-electron chi connectivity index (χ3n) is 2.47. The number of rotatable bonds is 2. The largest absolute Gasteiger partial charge is 0.394 e. The van der Waals surface area contributed by atoms with Gasteiger partial charge in [-0.05, 0) is 6.07 Å². The maximum absolute atomic E-state index is 11.6. The first-order valence-electron chi connectivity index (χ1n) is 4.87. The molecule has 4 N–H and O–H groups in total. The van der Waals surface area contributed by atoms with Crippen molar-refractivity contribution in [3.8, 4) is 0 Å². The average Bonchev–Trinajstić information content (AvgIpc) is 2.57. The molecule has 8 heteroatoms. The Bertz CT molecular complexity index is 500. The fourth-order valence-corrected chi connectivity index (χ4v) is 1.59. The third-order valence-corrected chi connectivity index (χ3v) is 2.47. The van der Waals surface area contributed by atoms with E-state index in [4.69, 9.17) is 15.6 Å². The summed E-state index contributed by atoms with van der Waals surface area (Å²) in [6.45, 7) is -0.513. The number of nitrogens with zero attached hydrogens (tertiary/aromatic N) is 2. The standard InChI is InChI=1S/C9H11N3O5/c10-5-1-2-12(9(16)11-5)8-7(15)6(14)4(3-13)17-8/h1-2,4,6,8,13-14H,3H2,(H2,10,11,16)/t4-,6?,8-/m1/s1. The summed E-state index contributed by atoms with van der Waals surface area (Å²) >= 11 is 0. The van der Waals surface area contributed by atoms with Crippen molar-refractivity contribution in [2.45, 2.75) is 18.4 Å². The zero-order chi connectivity index (χ0) is 12.6. The zero-order valence-corrected chi connectivity index (χ0v) is 8.68. The number of aliphatic hydroxyl groups excluding tert-OH is 2. The van der Waals surface area contributed by atoms with Gasteiger partial charge in [-0.2, -0.15) is 4.98 Å². The molecule has 0 spiro atoms. The number of ether oxygens (including phenoxy) is 1. The van der Waals surface area contributed by atoms with E-state index in [9.17, 15) is 14.7 Å². The molecule has 8 nitrogen and oxygen atoms in total. The molecule has 92 valence electrons. The highest BCUT2D eigenvalue weighted by atomic mass is 16.6. The normalized spacial score (nSPS) is 28.6. The predicted octanol–water partition coefficient (Wildman–Crippen LogP) is -2.35. The minimum atomic E-state index is -1.45. The van der Waals surface area contributed by atoms with E-state index in [1.807, 2.05) is 0 Å². The summed E-state index contributed by atoms with van der Waals surface area (Å²) < 4.78 is 5.99. The fourth-order valence-electron chi connectivity index (χ4n) is 1.59. The third kappa shape index (κ3) is 1.93. The fraction of sp³-hybridized carbons (Fsp3) is 0.444. The van der Waals surface area contributed by atoms with E-state index in [0.717, 1.165) is 4.57 Å². The molecular formula is C9H11N3O5. The van der Waals surface area contributed by atoms with Crippen LogP contribution >= 0.6 is 0 Å². The van der Waals surface area contributed by atoms with Gasteiger partial charge in [0.1, 0.15) is 18.0 Å². The van der Waals surface area contributed by atoms with E-state index in [1.54, 1.807) is 0 Å². The molecule has 2 rings (SSSR count). The van der Waals surface area contributed by atoms with Gasteiger partial charge in [-0.25, -0.2) is 4.79 Å². The summed E-state index contributed by atoms with van der Waals surface area (Å²) in [5.74, 6) is -0.673. The molecule has 17 heavy (non-hydrogen) atoms. The Hall–Kier alpha value is -1.77. The van der Waals surface area contributed by atoms with Crippen LogP contribution in [-0.2, 0) is 9.53 Å². The molecule has 0 aromatic carbocycles. The Balaban J connectivity index is 2.35. The number of Topliss-reactive ketones (excluding diaryl/α,β-unsaturated/α-hetero) is 1. The first kappa shape index (κ1) is 11.7. The van der Waals surface area contributed by atoms with Crippen molar-refractivity contribution in [3.63, 3.8) is 0 Å². The number of nitrogen functional groups attached to an aromatic ring is 1. The number of ketones is 1. The number of anilines is 1. The van der Waals surface area contributed by atoms with Crippen molar-refractivity contribution in [1.82, 2.24) is 9.55 Å². The molecule has 0 saturated carbocycles. The molecule has 0 radical (unpaired) electrons. The summed E-state index contributed by atoms with van der Waals surface area (Å²) in [4.78, 5) is 26.5. The Labute approximate surface area is 95.3 Å². The lowest BCUT2D eigenvalue weighted by molar-refractivity contribution is -0.130. The Kier molecular flexibility index (Phi) is 2.92. The van der Waals surface area contributed by atoms with Crippen molar-refractivity contribution in [2.75, 3.05) is 12.3 Å².